The summed E-state index contributed by atoms with van der Waals surface area (Å²) >= 11 is 9.03. The Balaban J connectivity index is 2.53. The molecule has 18 heavy (non-hydrogen) atoms. The molecule has 1 aromatic rings. The highest BCUT2D eigenvalue weighted by Gasteiger charge is 2.13. The smallest absolute Gasteiger partial charge is 0.306 e. The van der Waals surface area contributed by atoms with Crippen LogP contribution in [-0.2, 0) is 4.79 Å². The van der Waals surface area contributed by atoms with E-state index in [-0.39, 0.29) is 5.91 Å². The van der Waals surface area contributed by atoms with Crippen LogP contribution >= 0.6 is 27.5 Å². The van der Waals surface area contributed by atoms with Crippen molar-refractivity contribution in [2.45, 2.75) is 13.3 Å². The van der Waals surface area contributed by atoms with Crippen molar-refractivity contribution < 1.29 is 14.7 Å². The number of carboxylic acid groups (broad SMARTS) is 1. The zero-order valence-corrected chi connectivity index (χ0v) is 12.1. The number of carbonyl (C=O) groups excluding carboxylic acids is 1. The van der Waals surface area contributed by atoms with Crippen LogP contribution in [0.5, 0.6) is 0 Å². The summed E-state index contributed by atoms with van der Waals surface area (Å²) in [6, 6.07) is 4.87. The highest BCUT2D eigenvalue weighted by atomic mass is 79.9. The Morgan fingerprint density at radius 1 is 1.50 bits per heavy atom. The van der Waals surface area contributed by atoms with Crippen molar-refractivity contribution in [2.24, 2.45) is 5.92 Å². The second-order valence-electron chi connectivity index (χ2n) is 3.91. The number of amides is 1. The van der Waals surface area contributed by atoms with Gasteiger partial charge in [0, 0.05) is 16.0 Å². The molecular formula is C12H13BrClNO3. The predicted molar refractivity (Wildman–Crippen MR) is 72.9 cm³/mol. The monoisotopic (exact) mass is 333 g/mol. The number of hydrogen-bond donors (Lipinski definition) is 2. The van der Waals surface area contributed by atoms with E-state index in [0.29, 0.717) is 28.0 Å². The third-order valence-corrected chi connectivity index (χ3v) is 3.35. The number of nitrogens with one attached hydrogen (secondary N) is 1. The standard InChI is InChI=1S/C12H13BrClNO3/c1-7(12(17)18)4-5-15-11(16)9-3-2-8(14)6-10(9)13/h2-3,6-7H,4-5H2,1H3,(H,15,16)(H,17,18). The number of carboxylic acids is 1. The van der Waals surface area contributed by atoms with Gasteiger partial charge in [0.2, 0.25) is 0 Å². The van der Waals surface area contributed by atoms with Gasteiger partial charge in [0.05, 0.1) is 11.5 Å². The van der Waals surface area contributed by atoms with Crippen molar-refractivity contribution in [2.75, 3.05) is 6.54 Å². The van der Waals surface area contributed by atoms with Gasteiger partial charge in [0.15, 0.2) is 0 Å². The molecule has 1 unspecified atom stereocenters. The van der Waals surface area contributed by atoms with Crippen LogP contribution < -0.4 is 5.32 Å². The summed E-state index contributed by atoms with van der Waals surface area (Å²) in [6.07, 6.45) is 0.395. The maximum atomic E-state index is 11.8. The first kappa shape index (κ1) is 15.0. The quantitative estimate of drug-likeness (QED) is 0.870. The van der Waals surface area contributed by atoms with Gasteiger partial charge in [-0.2, -0.15) is 0 Å². The molecule has 0 aliphatic carbocycles. The maximum absolute atomic E-state index is 11.8. The maximum Gasteiger partial charge on any atom is 0.306 e. The van der Waals surface area contributed by atoms with Crippen molar-refractivity contribution in [1.82, 2.24) is 5.32 Å². The van der Waals surface area contributed by atoms with E-state index in [1.54, 1.807) is 25.1 Å². The molecule has 98 valence electrons. The molecule has 0 saturated heterocycles. The molecule has 2 N–H and O–H groups in total. The van der Waals surface area contributed by atoms with E-state index in [1.165, 1.54) is 0 Å². The Bertz CT molecular complexity index is 465. The molecule has 0 spiro atoms. The summed E-state index contributed by atoms with van der Waals surface area (Å²) in [5, 5.41) is 11.9. The van der Waals surface area contributed by atoms with Crippen molar-refractivity contribution in [3.8, 4) is 0 Å². The molecule has 0 heterocycles. The molecule has 4 nitrogen and oxygen atoms in total. The van der Waals surface area contributed by atoms with Gasteiger partial charge in [-0.25, -0.2) is 0 Å². The summed E-state index contributed by atoms with van der Waals surface area (Å²) in [5.74, 6) is -1.59. The molecule has 1 aromatic carbocycles. The SMILES string of the molecule is CC(CCNC(=O)c1ccc(Cl)cc1Br)C(=O)O. The second kappa shape index (κ2) is 6.75. The Morgan fingerprint density at radius 3 is 2.72 bits per heavy atom. The van der Waals surface area contributed by atoms with Crippen LogP contribution in [-0.4, -0.2) is 23.5 Å². The minimum absolute atomic E-state index is 0.254. The predicted octanol–water partition coefficient (Wildman–Crippen LogP) is 2.94. The fourth-order valence-corrected chi connectivity index (χ4v) is 2.16. The van der Waals surface area contributed by atoms with Gasteiger partial charge in [-0.15, -0.1) is 0 Å². The van der Waals surface area contributed by atoms with Crippen LogP contribution in [0.1, 0.15) is 23.7 Å². The van der Waals surface area contributed by atoms with E-state index in [2.05, 4.69) is 21.2 Å². The van der Waals surface area contributed by atoms with Crippen molar-refractivity contribution in [3.63, 3.8) is 0 Å². The lowest BCUT2D eigenvalue weighted by molar-refractivity contribution is -0.141. The van der Waals surface area contributed by atoms with E-state index in [0.717, 1.165) is 0 Å². The Kier molecular flexibility index (Phi) is 5.62. The van der Waals surface area contributed by atoms with Crippen molar-refractivity contribution in [3.05, 3.63) is 33.3 Å². The van der Waals surface area contributed by atoms with E-state index in [4.69, 9.17) is 16.7 Å². The van der Waals surface area contributed by atoms with Crippen LogP contribution in [0, 0.1) is 5.92 Å². The number of rotatable bonds is 5. The Hall–Kier alpha value is -1.07. The molecule has 0 aliphatic rings. The molecule has 6 heteroatoms. The van der Waals surface area contributed by atoms with Crippen LogP contribution in [0.2, 0.25) is 5.02 Å². The molecule has 0 saturated carbocycles. The van der Waals surface area contributed by atoms with Crippen LogP contribution in [0.25, 0.3) is 0 Å². The molecule has 0 bridgehead atoms. The summed E-state index contributed by atoms with van der Waals surface area (Å²) in [5.41, 5.74) is 0.474. The fraction of sp³-hybridized carbons (Fsp3) is 0.333. The first-order chi connectivity index (χ1) is 8.41. The molecule has 0 fully saturated rings. The minimum atomic E-state index is -0.864. The van der Waals surface area contributed by atoms with Crippen LogP contribution in [0.3, 0.4) is 0 Å². The van der Waals surface area contributed by atoms with E-state index in [9.17, 15) is 9.59 Å². The number of carbonyl (C=O) groups is 2. The molecule has 1 amide bonds. The number of hydrogen-bond acceptors (Lipinski definition) is 2. The van der Waals surface area contributed by atoms with Gasteiger partial charge in [-0.3, -0.25) is 9.59 Å². The lowest BCUT2D eigenvalue weighted by Crippen LogP contribution is -2.27. The molecule has 0 aliphatic heterocycles. The van der Waals surface area contributed by atoms with Crippen molar-refractivity contribution in [1.29, 1.82) is 0 Å². The average Bonchev–Trinajstić information content (AvgIpc) is 2.28. The van der Waals surface area contributed by atoms with Gasteiger partial charge in [0.25, 0.3) is 5.91 Å². The summed E-state index contributed by atoms with van der Waals surface area (Å²) in [7, 11) is 0. The van der Waals surface area contributed by atoms with Gasteiger partial charge < -0.3 is 10.4 Å². The topological polar surface area (TPSA) is 66.4 Å². The number of aliphatic carboxylic acids is 1. The zero-order valence-electron chi connectivity index (χ0n) is 9.74. The first-order valence-corrected chi connectivity index (χ1v) is 6.55. The van der Waals surface area contributed by atoms with Gasteiger partial charge >= 0.3 is 5.97 Å². The molecule has 1 rings (SSSR count). The van der Waals surface area contributed by atoms with E-state index in [1.807, 2.05) is 0 Å². The Labute approximate surface area is 118 Å². The molecule has 1 atom stereocenters. The minimum Gasteiger partial charge on any atom is -0.481 e. The molecular weight excluding hydrogens is 321 g/mol. The van der Waals surface area contributed by atoms with Crippen LogP contribution in [0.4, 0.5) is 0 Å². The highest BCUT2D eigenvalue weighted by Crippen LogP contribution is 2.21. The zero-order chi connectivity index (χ0) is 13.7. The second-order valence-corrected chi connectivity index (χ2v) is 5.20. The third-order valence-electron chi connectivity index (χ3n) is 2.46. The average molecular weight is 335 g/mol. The highest BCUT2D eigenvalue weighted by molar-refractivity contribution is 9.10. The Morgan fingerprint density at radius 2 is 2.17 bits per heavy atom. The first-order valence-electron chi connectivity index (χ1n) is 5.38. The third kappa shape index (κ3) is 4.31. The lowest BCUT2D eigenvalue weighted by Gasteiger charge is -2.09. The number of halogens is 2. The van der Waals surface area contributed by atoms with Gasteiger partial charge in [0.1, 0.15) is 0 Å². The van der Waals surface area contributed by atoms with Gasteiger partial charge in [-0.05, 0) is 40.5 Å². The summed E-state index contributed by atoms with van der Waals surface area (Å²) in [6.45, 7) is 1.92. The fourth-order valence-electron chi connectivity index (χ4n) is 1.29. The van der Waals surface area contributed by atoms with Crippen LogP contribution in [0.15, 0.2) is 22.7 Å². The molecule has 0 aromatic heterocycles. The summed E-state index contributed by atoms with van der Waals surface area (Å²) < 4.78 is 0.610. The van der Waals surface area contributed by atoms with Crippen molar-refractivity contribution >= 4 is 39.4 Å². The summed E-state index contributed by atoms with van der Waals surface area (Å²) in [4.78, 5) is 22.4. The largest absolute Gasteiger partial charge is 0.481 e. The van der Waals surface area contributed by atoms with E-state index >= 15 is 0 Å². The van der Waals surface area contributed by atoms with E-state index < -0.39 is 11.9 Å². The van der Waals surface area contributed by atoms with Gasteiger partial charge in [-0.1, -0.05) is 18.5 Å². The lowest BCUT2D eigenvalue weighted by atomic mass is 10.1. The number of benzene rings is 1. The molecule has 0 radical (unpaired) electrons. The normalized spacial score (nSPS) is 11.9.